The number of ether oxygens (including phenoxy) is 1. The van der Waals surface area contributed by atoms with Gasteiger partial charge < -0.3 is 20.2 Å². The van der Waals surface area contributed by atoms with Gasteiger partial charge in [-0.2, -0.15) is 11.8 Å². The molecule has 0 bridgehead atoms. The van der Waals surface area contributed by atoms with Gasteiger partial charge in [0.15, 0.2) is 5.62 Å². The molecule has 4 unspecified atom stereocenters. The predicted octanol–water partition coefficient (Wildman–Crippen LogP) is 15.6. The molecule has 11 heteroatoms. The number of carbonyl (C=O) groups excluding carboxylic acids is 4. The first-order valence-electron chi connectivity index (χ1n) is 25.9. The maximum Gasteiger partial charge on any atom is 0.237 e. The van der Waals surface area contributed by atoms with Crippen LogP contribution in [0.4, 0.5) is 8.78 Å². The van der Waals surface area contributed by atoms with Gasteiger partial charge in [-0.05, 0) is 162 Å². The Kier molecular flexibility index (Phi) is 35.8. The lowest BCUT2D eigenvalue weighted by Crippen LogP contribution is -2.31. The number of nitrogens with one attached hydrogen (secondary N) is 2. The zero-order valence-electron chi connectivity index (χ0n) is 45.9. The summed E-state index contributed by atoms with van der Waals surface area (Å²) in [5.41, 5.74) is 13.7. The van der Waals surface area contributed by atoms with E-state index in [1.54, 1.807) is 30.4 Å². The van der Waals surface area contributed by atoms with Crippen LogP contribution < -0.4 is 15.4 Å². The SMILES string of the molecule is C=CC/C(C)=C(\CC)CCC(CCc1ccc(CC(SC)C(=O)NC=C)cc1)c1cccc(C)c1.C=O.CCC(CC)=C(CC)CCC(COc1ccc(CC(SC=O)C(=O)NC)cc1)c1ccccc1F.CF. The van der Waals surface area contributed by atoms with Gasteiger partial charge in [0.1, 0.15) is 18.4 Å². The minimum absolute atomic E-state index is 0.0152. The predicted molar refractivity (Wildman–Crippen MR) is 313 cm³/mol. The van der Waals surface area contributed by atoms with Gasteiger partial charge in [0.25, 0.3) is 0 Å². The molecule has 0 aliphatic carbocycles. The highest BCUT2D eigenvalue weighted by Gasteiger charge is 2.21. The molecule has 0 radical (unpaired) electrons. The molecule has 0 saturated carbocycles. The topological polar surface area (TPSA) is 102 Å². The number of rotatable bonds is 30. The highest BCUT2D eigenvalue weighted by molar-refractivity contribution is 8.13. The van der Waals surface area contributed by atoms with Crippen LogP contribution in [0.15, 0.2) is 145 Å². The zero-order chi connectivity index (χ0) is 55.3. The molecule has 404 valence electrons. The summed E-state index contributed by atoms with van der Waals surface area (Å²) in [5.74, 6) is 0.817. The van der Waals surface area contributed by atoms with Crippen LogP contribution in [0.2, 0.25) is 0 Å². The van der Waals surface area contributed by atoms with Crippen molar-refractivity contribution in [2.24, 2.45) is 0 Å². The first-order valence-corrected chi connectivity index (χ1v) is 28.1. The summed E-state index contributed by atoms with van der Waals surface area (Å²) in [6.45, 7) is 23.2. The molecule has 4 aromatic rings. The number of halogens is 2. The molecule has 0 aliphatic rings. The second-order valence-electron chi connectivity index (χ2n) is 17.9. The summed E-state index contributed by atoms with van der Waals surface area (Å²) < 4.78 is 30.3. The van der Waals surface area contributed by atoms with Gasteiger partial charge in [-0.3, -0.25) is 18.8 Å². The number of hydrogen-bond acceptors (Lipinski definition) is 7. The standard InChI is InChI=1S/C32H43NOS.C29H38FNO3S.CH3F.CH2O/c1-7-11-25(5)28(8-2)20-21-29(30-13-10-12-24(4)22-30)19-18-26-14-16-27(17-15-26)23-31(35-6)32(34)33-9-3;1-5-22(6-2)23(7-3)14-15-24(26-10-8-9-11-27(26)30)19-34-25-16-12-21(13-17-25)18-28(35-20-32)29(33)31-4;2*1-2/h7,9-10,12-17,22,29,31H,1,3,8,11,18-21,23H2,2,4-6H3,(H,33,34);8-13,16-17,20,24,28H,5-7,14-15,18-19H2,1-4H3,(H,31,33);1H3;1H2/b28-25+;;;. The van der Waals surface area contributed by atoms with E-state index in [0.29, 0.717) is 43.1 Å². The molecule has 0 heterocycles. The summed E-state index contributed by atoms with van der Waals surface area (Å²) in [5, 5.41) is 4.74. The minimum atomic E-state index is -0.466. The molecule has 0 fully saturated rings. The molecule has 2 amide bonds. The van der Waals surface area contributed by atoms with Gasteiger partial charge >= 0.3 is 0 Å². The van der Waals surface area contributed by atoms with Crippen LogP contribution in [0.25, 0.3) is 0 Å². The Bertz CT molecular complexity index is 2310. The third-order valence-electron chi connectivity index (χ3n) is 13.3. The van der Waals surface area contributed by atoms with E-state index in [0.717, 1.165) is 88.0 Å². The smallest absolute Gasteiger partial charge is 0.237 e. The van der Waals surface area contributed by atoms with Gasteiger partial charge in [0.05, 0.1) is 24.3 Å². The summed E-state index contributed by atoms with van der Waals surface area (Å²) >= 11 is 2.55. The number of benzene rings is 4. The molecule has 7 nitrogen and oxygen atoms in total. The molecular weight excluding hydrogens is 967 g/mol. The molecule has 0 saturated heterocycles. The lowest BCUT2D eigenvalue weighted by atomic mass is 9.85. The molecule has 0 aliphatic heterocycles. The van der Waals surface area contributed by atoms with Crippen molar-refractivity contribution in [3.8, 4) is 5.75 Å². The second kappa shape index (κ2) is 39.9. The Morgan fingerprint density at radius 3 is 1.82 bits per heavy atom. The summed E-state index contributed by atoms with van der Waals surface area (Å²) in [6, 6.07) is 32.3. The molecule has 0 spiro atoms. The second-order valence-corrected chi connectivity index (χ2v) is 20.0. The van der Waals surface area contributed by atoms with Crippen molar-refractivity contribution in [2.75, 3.05) is 27.1 Å². The van der Waals surface area contributed by atoms with Crippen LogP contribution in [-0.4, -0.2) is 61.8 Å². The van der Waals surface area contributed by atoms with Crippen molar-refractivity contribution >= 4 is 47.7 Å². The molecular formula is C63H86F2N2O5S2. The number of aryl methyl sites for hydroxylation is 2. The third-order valence-corrected chi connectivity index (χ3v) is 15.1. The summed E-state index contributed by atoms with van der Waals surface area (Å²) in [7, 11) is 2.06. The van der Waals surface area contributed by atoms with E-state index in [9.17, 15) is 23.2 Å². The van der Waals surface area contributed by atoms with Gasteiger partial charge in [-0.1, -0.05) is 159 Å². The van der Waals surface area contributed by atoms with Gasteiger partial charge in [-0.15, -0.1) is 6.58 Å². The van der Waals surface area contributed by atoms with Crippen LogP contribution in [0, 0.1) is 12.7 Å². The maximum atomic E-state index is 14.7. The van der Waals surface area contributed by atoms with Crippen LogP contribution in [0.3, 0.4) is 0 Å². The van der Waals surface area contributed by atoms with Crippen molar-refractivity contribution in [3.05, 3.63) is 184 Å². The third kappa shape index (κ3) is 24.2. The van der Waals surface area contributed by atoms with Crippen LogP contribution in [0.1, 0.15) is 144 Å². The maximum absolute atomic E-state index is 14.7. The normalized spacial score (nSPS) is 12.4. The van der Waals surface area contributed by atoms with Crippen LogP contribution in [0.5, 0.6) is 5.75 Å². The number of amides is 2. The lowest BCUT2D eigenvalue weighted by Gasteiger charge is -2.21. The average molecular weight is 1050 g/mol. The van der Waals surface area contributed by atoms with Gasteiger partial charge in [0, 0.05) is 13.0 Å². The fourth-order valence-corrected chi connectivity index (χ4v) is 10.4. The number of allylic oxidation sites excluding steroid dienone is 5. The van der Waals surface area contributed by atoms with E-state index >= 15 is 0 Å². The Balaban J connectivity index is 0.000000693. The molecule has 0 aromatic heterocycles. The van der Waals surface area contributed by atoms with E-state index in [4.69, 9.17) is 9.53 Å². The van der Waals surface area contributed by atoms with Gasteiger partial charge in [-0.25, -0.2) is 4.39 Å². The lowest BCUT2D eigenvalue weighted by molar-refractivity contribution is -0.120. The zero-order valence-corrected chi connectivity index (χ0v) is 47.5. The Labute approximate surface area is 453 Å². The Morgan fingerprint density at radius 2 is 1.28 bits per heavy atom. The average Bonchev–Trinajstić information content (AvgIpc) is 3.43. The van der Waals surface area contributed by atoms with Crippen molar-refractivity contribution in [2.45, 2.75) is 147 Å². The highest BCUT2D eigenvalue weighted by Crippen LogP contribution is 2.33. The van der Waals surface area contributed by atoms with E-state index in [2.05, 4.69) is 114 Å². The fraction of sp³-hybridized carbons (Fsp3) is 0.429. The quantitative estimate of drug-likeness (QED) is 0.0396. The van der Waals surface area contributed by atoms with Crippen molar-refractivity contribution in [1.29, 1.82) is 0 Å². The Morgan fingerprint density at radius 1 is 0.716 bits per heavy atom. The summed E-state index contributed by atoms with van der Waals surface area (Å²) in [6.07, 6.45) is 18.1. The first-order chi connectivity index (χ1) is 35.9. The van der Waals surface area contributed by atoms with E-state index in [-0.39, 0.29) is 28.8 Å². The van der Waals surface area contributed by atoms with Crippen molar-refractivity contribution < 1.29 is 32.7 Å². The summed E-state index contributed by atoms with van der Waals surface area (Å²) in [4.78, 5) is 43.0. The molecule has 4 rings (SSSR count). The molecule has 2 N–H and O–H groups in total. The fourth-order valence-electron chi connectivity index (χ4n) is 9.08. The molecule has 74 heavy (non-hydrogen) atoms. The molecule has 4 atom stereocenters. The van der Waals surface area contributed by atoms with E-state index in [1.807, 2.05) is 55.5 Å². The number of alkyl halides is 1. The van der Waals surface area contributed by atoms with E-state index < -0.39 is 5.25 Å². The Hall–Kier alpha value is -5.52. The van der Waals surface area contributed by atoms with Crippen molar-refractivity contribution in [1.82, 2.24) is 10.6 Å². The van der Waals surface area contributed by atoms with Crippen LogP contribution >= 0.6 is 23.5 Å². The number of hydrogen-bond donors (Lipinski definition) is 2. The van der Waals surface area contributed by atoms with Crippen molar-refractivity contribution in [3.63, 3.8) is 0 Å². The monoisotopic (exact) mass is 1050 g/mol. The first kappa shape index (κ1) is 66.5. The number of carbonyl (C=O) groups is 4. The van der Waals surface area contributed by atoms with E-state index in [1.165, 1.54) is 57.7 Å². The number of thioether (sulfide) groups is 2. The highest BCUT2D eigenvalue weighted by atomic mass is 32.2. The van der Waals surface area contributed by atoms with Gasteiger partial charge in [0.2, 0.25) is 11.8 Å². The van der Waals surface area contributed by atoms with Crippen LogP contribution in [-0.2, 0) is 38.4 Å². The largest absolute Gasteiger partial charge is 0.493 e. The molecule has 4 aromatic carbocycles. The minimum Gasteiger partial charge on any atom is -0.493 e.